The number of hydrogen-bond acceptors (Lipinski definition) is 0. The van der Waals surface area contributed by atoms with E-state index in [0.717, 1.165) is 5.57 Å². The fourth-order valence-corrected chi connectivity index (χ4v) is 1.67. The van der Waals surface area contributed by atoms with E-state index in [-0.39, 0.29) is 5.41 Å². The molecule has 0 amide bonds. The van der Waals surface area contributed by atoms with Crippen molar-refractivity contribution in [2.24, 2.45) is 5.41 Å². The Labute approximate surface area is 89.9 Å². The van der Waals surface area contributed by atoms with Gasteiger partial charge >= 0.3 is 6.18 Å². The molecule has 0 aromatic carbocycles. The van der Waals surface area contributed by atoms with E-state index in [4.69, 9.17) is 0 Å². The zero-order valence-corrected chi connectivity index (χ0v) is 9.83. The van der Waals surface area contributed by atoms with E-state index in [1.807, 2.05) is 20.8 Å². The Hall–Kier alpha value is -0.730. The van der Waals surface area contributed by atoms with Crippen molar-refractivity contribution in [3.63, 3.8) is 0 Å². The van der Waals surface area contributed by atoms with Crippen LogP contribution in [0.2, 0.25) is 0 Å². The smallest absolute Gasteiger partial charge is 0.171 e. The molecular formula is C12H19F3. The molecule has 15 heavy (non-hydrogen) atoms. The summed E-state index contributed by atoms with van der Waals surface area (Å²) in [4.78, 5) is 0. The number of rotatable bonds is 3. The molecule has 0 saturated carbocycles. The van der Waals surface area contributed by atoms with Crippen molar-refractivity contribution >= 4 is 0 Å². The van der Waals surface area contributed by atoms with Gasteiger partial charge in [0.15, 0.2) is 0 Å². The van der Waals surface area contributed by atoms with Gasteiger partial charge in [0.2, 0.25) is 0 Å². The molecule has 0 nitrogen and oxygen atoms in total. The minimum absolute atomic E-state index is 0.233. The summed E-state index contributed by atoms with van der Waals surface area (Å²) in [6.07, 6.45) is -2.78. The van der Waals surface area contributed by atoms with Crippen LogP contribution in [-0.2, 0) is 0 Å². The molecule has 0 N–H and O–H groups in total. The van der Waals surface area contributed by atoms with Crippen molar-refractivity contribution in [2.75, 3.05) is 0 Å². The lowest BCUT2D eigenvalue weighted by Crippen LogP contribution is -2.15. The van der Waals surface area contributed by atoms with E-state index in [1.165, 1.54) is 0 Å². The summed E-state index contributed by atoms with van der Waals surface area (Å²) in [6.45, 7) is 10.9. The van der Waals surface area contributed by atoms with Crippen LogP contribution in [0.4, 0.5) is 13.2 Å². The van der Waals surface area contributed by atoms with Gasteiger partial charge in [0.1, 0.15) is 0 Å². The van der Waals surface area contributed by atoms with Crippen LogP contribution in [0.25, 0.3) is 0 Å². The monoisotopic (exact) mass is 220 g/mol. The molecule has 0 spiro atoms. The van der Waals surface area contributed by atoms with Crippen molar-refractivity contribution < 1.29 is 13.2 Å². The summed E-state index contributed by atoms with van der Waals surface area (Å²) in [5, 5.41) is 0. The molecule has 0 heterocycles. The Kier molecular flexibility index (Phi) is 4.63. The lowest BCUT2D eigenvalue weighted by Gasteiger charge is -2.25. The maximum atomic E-state index is 12.2. The van der Waals surface area contributed by atoms with Crippen LogP contribution in [0.5, 0.6) is 0 Å². The molecule has 0 aromatic heterocycles. The molecule has 0 aliphatic rings. The third-order valence-corrected chi connectivity index (χ3v) is 2.23. The molecule has 3 heteroatoms. The highest BCUT2D eigenvalue weighted by molar-refractivity contribution is 5.21. The van der Waals surface area contributed by atoms with E-state index < -0.39 is 12.6 Å². The van der Waals surface area contributed by atoms with Crippen molar-refractivity contribution in [2.45, 2.75) is 46.7 Å². The molecule has 0 rings (SSSR count). The van der Waals surface area contributed by atoms with E-state index >= 15 is 0 Å². The SMILES string of the molecule is C=CC/C(=C(/C)CC(F)(F)F)C(C)(C)C. The van der Waals surface area contributed by atoms with Crippen LogP contribution in [0.1, 0.15) is 40.5 Å². The molecule has 0 aliphatic carbocycles. The topological polar surface area (TPSA) is 0 Å². The average Bonchev–Trinajstić information content (AvgIpc) is 1.93. The van der Waals surface area contributed by atoms with E-state index in [1.54, 1.807) is 13.0 Å². The molecule has 0 atom stereocenters. The normalized spacial score (nSPS) is 14.9. The first-order valence-corrected chi connectivity index (χ1v) is 4.94. The third kappa shape index (κ3) is 5.65. The quantitative estimate of drug-likeness (QED) is 0.595. The molecule has 0 aromatic rings. The van der Waals surface area contributed by atoms with Crippen LogP contribution in [0, 0.1) is 5.41 Å². The van der Waals surface area contributed by atoms with Crippen LogP contribution in [0.15, 0.2) is 23.8 Å². The van der Waals surface area contributed by atoms with Gasteiger partial charge in [-0.15, -0.1) is 6.58 Å². The second-order valence-corrected chi connectivity index (χ2v) is 4.79. The van der Waals surface area contributed by atoms with Gasteiger partial charge in [0.25, 0.3) is 0 Å². The highest BCUT2D eigenvalue weighted by atomic mass is 19.4. The van der Waals surface area contributed by atoms with Crippen LogP contribution < -0.4 is 0 Å². The van der Waals surface area contributed by atoms with Crippen LogP contribution in [0.3, 0.4) is 0 Å². The van der Waals surface area contributed by atoms with Gasteiger partial charge in [-0.05, 0) is 18.8 Å². The first kappa shape index (κ1) is 14.3. The molecule has 0 bridgehead atoms. The van der Waals surface area contributed by atoms with Gasteiger partial charge in [-0.25, -0.2) is 0 Å². The Bertz CT molecular complexity index is 251. The number of halogens is 3. The average molecular weight is 220 g/mol. The molecule has 0 saturated heterocycles. The standard InChI is InChI=1S/C12H19F3/c1-6-7-10(11(3,4)5)9(2)8-12(13,14)15/h6H,1,7-8H2,2-5H3/b10-9+. The second kappa shape index (κ2) is 4.86. The number of allylic oxidation sites excluding steroid dienone is 3. The fraction of sp³-hybridized carbons (Fsp3) is 0.667. The molecule has 0 unspecified atom stereocenters. The Balaban J connectivity index is 5.01. The van der Waals surface area contributed by atoms with Gasteiger partial charge in [-0.1, -0.05) is 38.0 Å². The first-order valence-electron chi connectivity index (χ1n) is 4.94. The Morgan fingerprint density at radius 1 is 1.20 bits per heavy atom. The molecule has 0 aliphatic heterocycles. The predicted molar refractivity (Wildman–Crippen MR) is 57.6 cm³/mol. The fourth-order valence-electron chi connectivity index (χ4n) is 1.67. The van der Waals surface area contributed by atoms with Crippen molar-refractivity contribution in [3.05, 3.63) is 23.8 Å². The summed E-state index contributed by atoms with van der Waals surface area (Å²) in [5.41, 5.74) is 1.01. The number of alkyl halides is 3. The lowest BCUT2D eigenvalue weighted by atomic mass is 9.81. The van der Waals surface area contributed by atoms with E-state index in [2.05, 4.69) is 6.58 Å². The van der Waals surface area contributed by atoms with Crippen LogP contribution in [-0.4, -0.2) is 6.18 Å². The Morgan fingerprint density at radius 3 is 1.93 bits per heavy atom. The van der Waals surface area contributed by atoms with Crippen LogP contribution >= 0.6 is 0 Å². The van der Waals surface area contributed by atoms with Crippen molar-refractivity contribution in [1.29, 1.82) is 0 Å². The maximum absolute atomic E-state index is 12.2. The minimum atomic E-state index is -4.12. The highest BCUT2D eigenvalue weighted by Gasteiger charge is 2.30. The predicted octanol–water partition coefficient (Wildman–Crippen LogP) is 4.88. The summed E-state index contributed by atoms with van der Waals surface area (Å²) >= 11 is 0. The van der Waals surface area contributed by atoms with Gasteiger partial charge in [0, 0.05) is 0 Å². The lowest BCUT2D eigenvalue weighted by molar-refractivity contribution is -0.127. The third-order valence-electron chi connectivity index (χ3n) is 2.23. The van der Waals surface area contributed by atoms with Crippen molar-refractivity contribution in [1.82, 2.24) is 0 Å². The summed E-state index contributed by atoms with van der Waals surface area (Å²) < 4.78 is 36.7. The van der Waals surface area contributed by atoms with Gasteiger partial charge in [-0.3, -0.25) is 0 Å². The minimum Gasteiger partial charge on any atom is -0.171 e. The summed E-state index contributed by atoms with van der Waals surface area (Å²) in [5.74, 6) is 0. The Morgan fingerprint density at radius 2 is 1.67 bits per heavy atom. The van der Waals surface area contributed by atoms with E-state index in [9.17, 15) is 13.2 Å². The largest absolute Gasteiger partial charge is 0.392 e. The van der Waals surface area contributed by atoms with E-state index in [0.29, 0.717) is 12.0 Å². The second-order valence-electron chi connectivity index (χ2n) is 4.79. The summed E-state index contributed by atoms with van der Waals surface area (Å²) in [6, 6.07) is 0. The highest BCUT2D eigenvalue weighted by Crippen LogP contribution is 2.35. The molecule has 0 fully saturated rings. The molecular weight excluding hydrogens is 201 g/mol. The van der Waals surface area contributed by atoms with Gasteiger partial charge in [-0.2, -0.15) is 13.2 Å². The zero-order chi connectivity index (χ0) is 12.3. The first-order chi connectivity index (χ1) is 6.58. The number of hydrogen-bond donors (Lipinski definition) is 0. The maximum Gasteiger partial charge on any atom is 0.392 e. The van der Waals surface area contributed by atoms with Gasteiger partial charge < -0.3 is 0 Å². The summed E-state index contributed by atoms with van der Waals surface area (Å²) in [7, 11) is 0. The van der Waals surface area contributed by atoms with Crippen molar-refractivity contribution in [3.8, 4) is 0 Å². The molecule has 88 valence electrons. The molecule has 0 radical (unpaired) electrons. The zero-order valence-electron chi connectivity index (χ0n) is 9.83. The van der Waals surface area contributed by atoms with Gasteiger partial charge in [0.05, 0.1) is 6.42 Å².